The van der Waals surface area contributed by atoms with Crippen LogP contribution in [0.2, 0.25) is 0 Å². The summed E-state index contributed by atoms with van der Waals surface area (Å²) in [6, 6.07) is -3.46. The standard InChI is InChI=1S/C16H31N7O5/c1-8(2)6-9(17)13(25)23-11(7-12(18)24)14(26)22-10(15(27)28)4-3-5-21-16(19)20/h8-11H,3-7,17H2,1-2H3,(H2,18,24)(H,22,26)(H,23,25)(H,27,28)(H4,19,20,21)/t9-,10-,11-/m0/s1. The molecule has 0 fully saturated rings. The van der Waals surface area contributed by atoms with Crippen molar-refractivity contribution >= 4 is 29.7 Å². The van der Waals surface area contributed by atoms with E-state index in [1.807, 2.05) is 13.8 Å². The van der Waals surface area contributed by atoms with E-state index in [0.717, 1.165) is 0 Å². The van der Waals surface area contributed by atoms with Gasteiger partial charge in [-0.1, -0.05) is 13.8 Å². The second-order valence-corrected chi connectivity index (χ2v) is 6.82. The van der Waals surface area contributed by atoms with Crippen molar-refractivity contribution in [1.82, 2.24) is 10.6 Å². The first-order valence-electron chi connectivity index (χ1n) is 8.86. The number of guanidine groups is 1. The quantitative estimate of drug-likeness (QED) is 0.0975. The van der Waals surface area contributed by atoms with Crippen LogP contribution < -0.4 is 33.6 Å². The topological polar surface area (TPSA) is 229 Å². The minimum Gasteiger partial charge on any atom is -0.480 e. The van der Waals surface area contributed by atoms with Gasteiger partial charge >= 0.3 is 5.97 Å². The lowest BCUT2D eigenvalue weighted by atomic mass is 10.0. The third-order valence-corrected chi connectivity index (χ3v) is 3.66. The monoisotopic (exact) mass is 401 g/mol. The molecule has 0 heterocycles. The molecule has 12 nitrogen and oxygen atoms in total. The number of hydrogen-bond donors (Lipinski definition) is 7. The summed E-state index contributed by atoms with van der Waals surface area (Å²) in [6.07, 6.45) is 0.217. The van der Waals surface area contributed by atoms with E-state index in [0.29, 0.717) is 12.8 Å². The molecule has 0 saturated carbocycles. The van der Waals surface area contributed by atoms with Gasteiger partial charge in [0, 0.05) is 6.54 Å². The molecule has 12 heteroatoms. The molecular weight excluding hydrogens is 370 g/mol. The summed E-state index contributed by atoms with van der Waals surface area (Å²) in [5.74, 6) is -3.58. The van der Waals surface area contributed by atoms with Crippen molar-refractivity contribution in [1.29, 1.82) is 0 Å². The van der Waals surface area contributed by atoms with Crippen molar-refractivity contribution in [3.05, 3.63) is 0 Å². The molecule has 0 aliphatic heterocycles. The Balaban J connectivity index is 5.00. The van der Waals surface area contributed by atoms with Crippen LogP contribution in [0.4, 0.5) is 0 Å². The van der Waals surface area contributed by atoms with Crippen molar-refractivity contribution < 1.29 is 24.3 Å². The summed E-state index contributed by atoms with van der Waals surface area (Å²) < 4.78 is 0. The van der Waals surface area contributed by atoms with Crippen LogP contribution in [0, 0.1) is 5.92 Å². The van der Waals surface area contributed by atoms with Gasteiger partial charge in [-0.15, -0.1) is 0 Å². The normalized spacial score (nSPS) is 13.9. The van der Waals surface area contributed by atoms with Crippen molar-refractivity contribution in [3.63, 3.8) is 0 Å². The highest BCUT2D eigenvalue weighted by molar-refractivity contribution is 5.94. The fraction of sp³-hybridized carbons (Fsp3) is 0.688. The number of nitrogens with zero attached hydrogens (tertiary/aromatic N) is 1. The minimum atomic E-state index is -1.33. The zero-order valence-electron chi connectivity index (χ0n) is 16.2. The van der Waals surface area contributed by atoms with Gasteiger partial charge in [0.2, 0.25) is 17.7 Å². The number of nitrogens with one attached hydrogen (secondary N) is 2. The van der Waals surface area contributed by atoms with Gasteiger partial charge in [-0.2, -0.15) is 0 Å². The maximum atomic E-state index is 12.4. The molecule has 0 aliphatic rings. The van der Waals surface area contributed by atoms with Gasteiger partial charge in [-0.3, -0.25) is 19.4 Å². The third kappa shape index (κ3) is 11.0. The molecule has 0 aromatic carbocycles. The van der Waals surface area contributed by atoms with Gasteiger partial charge in [0.1, 0.15) is 12.1 Å². The Morgan fingerprint density at radius 2 is 1.57 bits per heavy atom. The highest BCUT2D eigenvalue weighted by Gasteiger charge is 2.29. The van der Waals surface area contributed by atoms with E-state index in [9.17, 15) is 24.3 Å². The second kappa shape index (κ2) is 12.5. The second-order valence-electron chi connectivity index (χ2n) is 6.82. The Kier molecular flexibility index (Phi) is 11.2. The molecule has 0 unspecified atom stereocenters. The summed E-state index contributed by atoms with van der Waals surface area (Å²) >= 11 is 0. The van der Waals surface area contributed by atoms with Crippen molar-refractivity contribution in [2.45, 2.75) is 57.7 Å². The molecule has 11 N–H and O–H groups in total. The summed E-state index contributed by atoms with van der Waals surface area (Å²) in [7, 11) is 0. The van der Waals surface area contributed by atoms with Crippen LogP contribution >= 0.6 is 0 Å². The van der Waals surface area contributed by atoms with Crippen LogP contribution in [0.15, 0.2) is 4.99 Å². The summed E-state index contributed by atoms with van der Waals surface area (Å²) in [4.78, 5) is 50.9. The average Bonchev–Trinajstić information content (AvgIpc) is 2.55. The van der Waals surface area contributed by atoms with Crippen LogP contribution in [-0.4, -0.2) is 59.4 Å². The Bertz CT molecular complexity index is 590. The third-order valence-electron chi connectivity index (χ3n) is 3.66. The van der Waals surface area contributed by atoms with Crippen molar-refractivity contribution in [2.75, 3.05) is 6.54 Å². The summed E-state index contributed by atoms with van der Waals surface area (Å²) in [5, 5.41) is 13.9. The molecule has 0 saturated heterocycles. The van der Waals surface area contributed by atoms with Gasteiger partial charge in [-0.05, 0) is 25.2 Å². The van der Waals surface area contributed by atoms with E-state index in [4.69, 9.17) is 22.9 Å². The minimum absolute atomic E-state index is 0.0436. The smallest absolute Gasteiger partial charge is 0.326 e. The number of carbonyl (C=O) groups is 4. The number of carbonyl (C=O) groups excluding carboxylic acids is 3. The molecular formula is C16H31N7O5. The van der Waals surface area contributed by atoms with Crippen LogP contribution in [0.5, 0.6) is 0 Å². The fourth-order valence-electron chi connectivity index (χ4n) is 2.34. The van der Waals surface area contributed by atoms with Crippen LogP contribution in [0.1, 0.15) is 39.5 Å². The highest BCUT2D eigenvalue weighted by Crippen LogP contribution is 2.05. The number of hydrogen-bond acceptors (Lipinski definition) is 6. The Morgan fingerprint density at radius 3 is 2.04 bits per heavy atom. The molecule has 0 bridgehead atoms. The van der Waals surface area contributed by atoms with Crippen molar-refractivity contribution in [2.24, 2.45) is 33.8 Å². The number of nitrogens with two attached hydrogens (primary N) is 4. The number of carboxylic acid groups (broad SMARTS) is 1. The van der Waals surface area contributed by atoms with E-state index in [1.54, 1.807) is 0 Å². The number of carboxylic acids is 1. The van der Waals surface area contributed by atoms with Crippen LogP contribution in [-0.2, 0) is 19.2 Å². The molecule has 160 valence electrons. The molecule has 0 rings (SSSR count). The van der Waals surface area contributed by atoms with E-state index in [-0.39, 0.29) is 24.8 Å². The lowest BCUT2D eigenvalue weighted by molar-refractivity contribution is -0.142. The Labute approximate surface area is 163 Å². The Hall–Kier alpha value is -2.89. The maximum Gasteiger partial charge on any atom is 0.326 e. The summed E-state index contributed by atoms with van der Waals surface area (Å²) in [5.41, 5.74) is 21.3. The first-order chi connectivity index (χ1) is 12.9. The molecule has 28 heavy (non-hydrogen) atoms. The van der Waals surface area contributed by atoms with Gasteiger partial charge in [0.15, 0.2) is 5.96 Å². The van der Waals surface area contributed by atoms with Crippen LogP contribution in [0.25, 0.3) is 0 Å². The van der Waals surface area contributed by atoms with Crippen molar-refractivity contribution in [3.8, 4) is 0 Å². The first kappa shape index (κ1) is 25.1. The SMILES string of the molecule is CC(C)C[C@H](N)C(=O)N[C@@H](CC(N)=O)C(=O)N[C@@H](CCCN=C(N)N)C(=O)O. The average molecular weight is 401 g/mol. The number of aliphatic carboxylic acids is 1. The predicted molar refractivity (Wildman–Crippen MR) is 103 cm³/mol. The zero-order chi connectivity index (χ0) is 21.9. The van der Waals surface area contributed by atoms with Gasteiger partial charge < -0.3 is 38.7 Å². The number of aliphatic imine (C=N–C) groups is 1. The van der Waals surface area contributed by atoms with E-state index >= 15 is 0 Å². The molecule has 3 amide bonds. The number of amides is 3. The molecule has 3 atom stereocenters. The molecule has 0 spiro atoms. The number of rotatable bonds is 13. The fourth-order valence-corrected chi connectivity index (χ4v) is 2.34. The molecule has 0 aromatic heterocycles. The molecule has 0 radical (unpaired) electrons. The van der Waals surface area contributed by atoms with Gasteiger partial charge in [0.05, 0.1) is 12.5 Å². The predicted octanol–water partition coefficient (Wildman–Crippen LogP) is -2.66. The zero-order valence-corrected chi connectivity index (χ0v) is 16.2. The van der Waals surface area contributed by atoms with E-state index in [1.165, 1.54) is 0 Å². The van der Waals surface area contributed by atoms with E-state index < -0.39 is 48.2 Å². The Morgan fingerprint density at radius 1 is 1.00 bits per heavy atom. The lowest BCUT2D eigenvalue weighted by Gasteiger charge is -2.22. The largest absolute Gasteiger partial charge is 0.480 e. The highest BCUT2D eigenvalue weighted by atomic mass is 16.4. The van der Waals surface area contributed by atoms with E-state index in [2.05, 4.69) is 15.6 Å². The van der Waals surface area contributed by atoms with Gasteiger partial charge in [-0.25, -0.2) is 4.79 Å². The van der Waals surface area contributed by atoms with Crippen LogP contribution in [0.3, 0.4) is 0 Å². The lowest BCUT2D eigenvalue weighted by Crippen LogP contribution is -2.55. The number of primary amides is 1. The van der Waals surface area contributed by atoms with Gasteiger partial charge in [0.25, 0.3) is 0 Å². The first-order valence-corrected chi connectivity index (χ1v) is 8.86. The molecule has 0 aromatic rings. The summed E-state index contributed by atoms with van der Waals surface area (Å²) in [6.45, 7) is 3.94. The maximum absolute atomic E-state index is 12.4. The molecule has 0 aliphatic carbocycles.